The number of fused-ring (bicyclic) bond motifs is 3. The Kier molecular flexibility index (Phi) is 5.03. The summed E-state index contributed by atoms with van der Waals surface area (Å²) < 4.78 is 26.4. The largest absolute Gasteiger partial charge is 0.490 e. The van der Waals surface area contributed by atoms with Crippen LogP contribution in [0.25, 0.3) is 0 Å². The lowest BCUT2D eigenvalue weighted by Crippen LogP contribution is -2.45. The van der Waals surface area contributed by atoms with Gasteiger partial charge in [-0.25, -0.2) is 4.39 Å². The van der Waals surface area contributed by atoms with Gasteiger partial charge in [0.25, 0.3) is 5.56 Å². The van der Waals surface area contributed by atoms with Gasteiger partial charge in [0.1, 0.15) is 19.0 Å². The van der Waals surface area contributed by atoms with Crippen LogP contribution in [0.2, 0.25) is 0 Å². The summed E-state index contributed by atoms with van der Waals surface area (Å²) in [7, 11) is 0. The lowest BCUT2D eigenvalue weighted by Gasteiger charge is -2.52. The molecular weight excluding hydrogens is 383 g/mol. The molecule has 0 radical (unpaired) electrons. The third-order valence-corrected chi connectivity index (χ3v) is 7.69. The smallest absolute Gasteiger partial charge is 0.300 e. The number of benzene rings is 1. The van der Waals surface area contributed by atoms with Crippen LogP contribution in [0, 0.1) is 11.8 Å². The quantitative estimate of drug-likeness (QED) is 0.730. The molecule has 1 aromatic carbocycles. The van der Waals surface area contributed by atoms with Crippen LogP contribution in [0.4, 0.5) is 4.39 Å². The van der Waals surface area contributed by atoms with E-state index >= 15 is 0 Å². The van der Waals surface area contributed by atoms with Crippen LogP contribution in [0.1, 0.15) is 56.7 Å². The SMILES string of the molecule is CC1(c2ccc(OC[C@@H]3Cn4c(CF)cc(=O)nc4O3)cc2)C2CCCC1CCC2. The van der Waals surface area contributed by atoms with Crippen molar-refractivity contribution in [1.29, 1.82) is 0 Å². The molecule has 2 aromatic rings. The summed E-state index contributed by atoms with van der Waals surface area (Å²) in [5.41, 5.74) is 1.53. The van der Waals surface area contributed by atoms with E-state index in [1.54, 1.807) is 4.57 Å². The molecule has 2 heterocycles. The van der Waals surface area contributed by atoms with Crippen LogP contribution in [0.15, 0.2) is 35.1 Å². The van der Waals surface area contributed by atoms with E-state index in [1.165, 1.54) is 50.2 Å². The highest BCUT2D eigenvalue weighted by Gasteiger charge is 2.46. The number of halogens is 1. The zero-order valence-corrected chi connectivity index (χ0v) is 17.5. The van der Waals surface area contributed by atoms with Gasteiger partial charge in [0.2, 0.25) is 0 Å². The molecule has 5 rings (SSSR count). The summed E-state index contributed by atoms with van der Waals surface area (Å²) in [5, 5.41) is 0. The molecule has 5 nitrogen and oxygen atoms in total. The van der Waals surface area contributed by atoms with Gasteiger partial charge in [0.15, 0.2) is 6.10 Å². The average Bonchev–Trinajstić information content (AvgIpc) is 3.14. The second kappa shape index (κ2) is 7.71. The number of nitrogens with zero attached hydrogens (tertiary/aromatic N) is 2. The van der Waals surface area contributed by atoms with Gasteiger partial charge in [0, 0.05) is 6.07 Å². The Morgan fingerprint density at radius 2 is 1.83 bits per heavy atom. The zero-order chi connectivity index (χ0) is 20.7. The fraction of sp³-hybridized carbons (Fsp3) is 0.583. The molecule has 0 saturated heterocycles. The van der Waals surface area contributed by atoms with Gasteiger partial charge in [-0.2, -0.15) is 4.98 Å². The number of aromatic nitrogens is 2. The molecule has 2 aliphatic carbocycles. The van der Waals surface area contributed by atoms with E-state index in [4.69, 9.17) is 9.47 Å². The minimum atomic E-state index is -0.718. The monoisotopic (exact) mass is 412 g/mol. The molecule has 3 aliphatic rings. The van der Waals surface area contributed by atoms with Crippen LogP contribution in [0.3, 0.4) is 0 Å². The maximum Gasteiger partial charge on any atom is 0.300 e. The normalized spacial score (nSPS) is 29.9. The van der Waals surface area contributed by atoms with Gasteiger partial charge in [-0.05, 0) is 60.6 Å². The van der Waals surface area contributed by atoms with Crippen molar-refractivity contribution in [2.45, 2.75) is 70.2 Å². The number of ether oxygens (including phenoxy) is 2. The molecule has 1 aromatic heterocycles. The summed E-state index contributed by atoms with van der Waals surface area (Å²) in [6.45, 7) is 2.51. The first-order chi connectivity index (χ1) is 14.6. The van der Waals surface area contributed by atoms with Crippen LogP contribution in [-0.2, 0) is 18.6 Å². The minimum Gasteiger partial charge on any atom is -0.490 e. The third-order valence-electron chi connectivity index (χ3n) is 7.69. The second-order valence-corrected chi connectivity index (χ2v) is 9.23. The van der Waals surface area contributed by atoms with E-state index in [0.717, 1.165) is 17.6 Å². The predicted molar refractivity (Wildman–Crippen MR) is 112 cm³/mol. The van der Waals surface area contributed by atoms with E-state index in [1.807, 2.05) is 0 Å². The molecule has 0 N–H and O–H groups in total. The van der Waals surface area contributed by atoms with Crippen molar-refractivity contribution >= 4 is 0 Å². The van der Waals surface area contributed by atoms with Crippen molar-refractivity contribution in [1.82, 2.24) is 9.55 Å². The number of hydrogen-bond donors (Lipinski definition) is 0. The van der Waals surface area contributed by atoms with Gasteiger partial charge in [-0.15, -0.1) is 0 Å². The van der Waals surface area contributed by atoms with Crippen molar-refractivity contribution < 1.29 is 13.9 Å². The zero-order valence-electron chi connectivity index (χ0n) is 17.5. The van der Waals surface area contributed by atoms with Crippen LogP contribution in [0.5, 0.6) is 11.8 Å². The Labute approximate surface area is 176 Å². The van der Waals surface area contributed by atoms with Gasteiger partial charge in [0.05, 0.1) is 12.2 Å². The Balaban J connectivity index is 1.25. The summed E-state index contributed by atoms with van der Waals surface area (Å²) in [5.74, 6) is 2.39. The highest BCUT2D eigenvalue weighted by atomic mass is 19.1. The third kappa shape index (κ3) is 3.30. The summed E-state index contributed by atoms with van der Waals surface area (Å²) in [4.78, 5) is 15.4. The molecule has 1 atom stereocenters. The maximum absolute atomic E-state index is 13.2. The van der Waals surface area contributed by atoms with Gasteiger partial charge >= 0.3 is 6.01 Å². The summed E-state index contributed by atoms with van der Waals surface area (Å²) in [6.07, 6.45) is 7.86. The summed E-state index contributed by atoms with van der Waals surface area (Å²) in [6, 6.07) is 9.98. The Hall–Kier alpha value is -2.37. The molecule has 2 bridgehead atoms. The number of hydrogen-bond acceptors (Lipinski definition) is 4. The molecule has 6 heteroatoms. The molecule has 1 aliphatic heterocycles. The van der Waals surface area contributed by atoms with Crippen LogP contribution >= 0.6 is 0 Å². The lowest BCUT2D eigenvalue weighted by atomic mass is 9.53. The maximum atomic E-state index is 13.2. The molecule has 0 unspecified atom stereocenters. The standard InChI is InChI=1S/C24H29FN2O3/c1-24(16-4-2-5-17(24)7-3-6-16)18-8-10-20(11-9-18)29-15-21-14-27-19(13-25)12-22(28)26-23(27)30-21/h8-12,16-17,21H,2-7,13-15H2,1H3/t16?,17?,21-,24?/m0/s1. The lowest BCUT2D eigenvalue weighted by molar-refractivity contribution is 0.0666. The second-order valence-electron chi connectivity index (χ2n) is 9.23. The van der Waals surface area contributed by atoms with E-state index in [-0.39, 0.29) is 17.5 Å². The molecule has 2 saturated carbocycles. The van der Waals surface area contributed by atoms with Crippen molar-refractivity contribution in [3.05, 3.63) is 51.9 Å². The van der Waals surface area contributed by atoms with Crippen molar-refractivity contribution in [3.63, 3.8) is 0 Å². The molecule has 2 fully saturated rings. The fourth-order valence-electron chi connectivity index (χ4n) is 6.02. The van der Waals surface area contributed by atoms with Crippen molar-refractivity contribution in [3.8, 4) is 11.8 Å². The predicted octanol–water partition coefficient (Wildman–Crippen LogP) is 4.41. The topological polar surface area (TPSA) is 53.4 Å². The minimum absolute atomic E-state index is 0.177. The number of rotatable bonds is 5. The highest BCUT2D eigenvalue weighted by molar-refractivity contribution is 5.34. The Morgan fingerprint density at radius 1 is 1.17 bits per heavy atom. The first-order valence-corrected chi connectivity index (χ1v) is 11.1. The van der Waals surface area contributed by atoms with E-state index in [0.29, 0.717) is 18.8 Å². The Morgan fingerprint density at radius 3 is 2.47 bits per heavy atom. The first-order valence-electron chi connectivity index (χ1n) is 11.1. The fourth-order valence-corrected chi connectivity index (χ4v) is 6.02. The molecule has 30 heavy (non-hydrogen) atoms. The summed E-state index contributed by atoms with van der Waals surface area (Å²) >= 11 is 0. The molecule has 0 spiro atoms. The average molecular weight is 413 g/mol. The molecule has 0 amide bonds. The van der Waals surface area contributed by atoms with Gasteiger partial charge in [-0.3, -0.25) is 9.36 Å². The van der Waals surface area contributed by atoms with Gasteiger partial charge < -0.3 is 9.47 Å². The van der Waals surface area contributed by atoms with Crippen LogP contribution in [-0.4, -0.2) is 22.3 Å². The van der Waals surface area contributed by atoms with E-state index < -0.39 is 12.2 Å². The van der Waals surface area contributed by atoms with E-state index in [2.05, 4.69) is 36.2 Å². The first kappa shape index (κ1) is 19.6. The van der Waals surface area contributed by atoms with Crippen LogP contribution < -0.4 is 15.0 Å². The Bertz CT molecular complexity index is 949. The van der Waals surface area contributed by atoms with Crippen molar-refractivity contribution in [2.75, 3.05) is 6.61 Å². The molecule has 160 valence electrons. The van der Waals surface area contributed by atoms with E-state index in [9.17, 15) is 9.18 Å². The highest BCUT2D eigenvalue weighted by Crippen LogP contribution is 2.54. The molecular formula is C24H29FN2O3. The van der Waals surface area contributed by atoms with Gasteiger partial charge in [-0.1, -0.05) is 31.9 Å². The van der Waals surface area contributed by atoms with Crippen molar-refractivity contribution in [2.24, 2.45) is 11.8 Å². The number of alkyl halides is 1.